The Morgan fingerprint density at radius 3 is 3.12 bits per heavy atom. The minimum absolute atomic E-state index is 0.314. The molecule has 1 aliphatic heterocycles. The summed E-state index contributed by atoms with van der Waals surface area (Å²) in [6.07, 6.45) is 2.62. The molecule has 17 heavy (non-hydrogen) atoms. The lowest BCUT2D eigenvalue weighted by atomic mass is 10.2. The van der Waals surface area contributed by atoms with Gasteiger partial charge in [0.15, 0.2) is 11.5 Å². The van der Waals surface area contributed by atoms with Crippen LogP contribution < -0.4 is 14.8 Å². The molecule has 0 spiro atoms. The SMILES string of the molecule is N#CCCCCNCc1cccc2c1OCO2. The normalized spacial score (nSPS) is 12.4. The van der Waals surface area contributed by atoms with E-state index in [0.717, 1.165) is 43.0 Å². The molecule has 4 heteroatoms. The third-order valence-corrected chi connectivity index (χ3v) is 2.69. The van der Waals surface area contributed by atoms with E-state index in [4.69, 9.17) is 14.7 Å². The number of rotatable bonds is 6. The van der Waals surface area contributed by atoms with Crippen molar-refractivity contribution in [3.8, 4) is 17.6 Å². The minimum atomic E-state index is 0.314. The molecule has 0 saturated heterocycles. The highest BCUT2D eigenvalue weighted by atomic mass is 16.7. The van der Waals surface area contributed by atoms with E-state index in [1.54, 1.807) is 0 Å². The van der Waals surface area contributed by atoms with Crippen LogP contribution in [-0.4, -0.2) is 13.3 Å². The molecule has 1 heterocycles. The average Bonchev–Trinajstić information content (AvgIpc) is 2.82. The summed E-state index contributed by atoms with van der Waals surface area (Å²) >= 11 is 0. The molecule has 0 aromatic heterocycles. The molecule has 1 aromatic carbocycles. The van der Waals surface area contributed by atoms with Gasteiger partial charge in [0.05, 0.1) is 6.07 Å². The average molecular weight is 232 g/mol. The van der Waals surface area contributed by atoms with Crippen molar-refractivity contribution < 1.29 is 9.47 Å². The predicted molar refractivity (Wildman–Crippen MR) is 63.7 cm³/mol. The van der Waals surface area contributed by atoms with E-state index in [1.807, 2.05) is 18.2 Å². The second-order valence-electron chi connectivity index (χ2n) is 3.94. The molecular weight excluding hydrogens is 216 g/mol. The van der Waals surface area contributed by atoms with Crippen molar-refractivity contribution in [1.29, 1.82) is 5.26 Å². The Hall–Kier alpha value is -1.73. The van der Waals surface area contributed by atoms with E-state index in [-0.39, 0.29) is 0 Å². The maximum atomic E-state index is 8.41. The first-order valence-corrected chi connectivity index (χ1v) is 5.87. The van der Waals surface area contributed by atoms with E-state index < -0.39 is 0 Å². The number of benzene rings is 1. The third kappa shape index (κ3) is 3.11. The van der Waals surface area contributed by atoms with Crippen molar-refractivity contribution >= 4 is 0 Å². The van der Waals surface area contributed by atoms with Crippen LogP contribution in [0.5, 0.6) is 11.5 Å². The van der Waals surface area contributed by atoms with Gasteiger partial charge in [0, 0.05) is 18.5 Å². The molecule has 0 atom stereocenters. The van der Waals surface area contributed by atoms with Gasteiger partial charge >= 0.3 is 0 Å². The summed E-state index contributed by atoms with van der Waals surface area (Å²) in [5.41, 5.74) is 1.13. The molecule has 0 saturated carbocycles. The van der Waals surface area contributed by atoms with Gasteiger partial charge in [0.1, 0.15) is 0 Å². The molecule has 1 aliphatic rings. The van der Waals surface area contributed by atoms with Gasteiger partial charge in [-0.05, 0) is 25.5 Å². The monoisotopic (exact) mass is 232 g/mol. The fourth-order valence-corrected chi connectivity index (χ4v) is 1.81. The van der Waals surface area contributed by atoms with Gasteiger partial charge in [-0.25, -0.2) is 0 Å². The predicted octanol–water partition coefficient (Wildman–Crippen LogP) is 2.20. The largest absolute Gasteiger partial charge is 0.454 e. The summed E-state index contributed by atoms with van der Waals surface area (Å²) in [6, 6.07) is 8.07. The van der Waals surface area contributed by atoms with E-state index in [9.17, 15) is 0 Å². The van der Waals surface area contributed by atoms with Crippen LogP contribution in [0.1, 0.15) is 24.8 Å². The van der Waals surface area contributed by atoms with E-state index in [1.165, 1.54) is 0 Å². The maximum absolute atomic E-state index is 8.41. The van der Waals surface area contributed by atoms with Crippen molar-refractivity contribution in [2.45, 2.75) is 25.8 Å². The molecule has 0 radical (unpaired) electrons. The van der Waals surface area contributed by atoms with Gasteiger partial charge in [-0.3, -0.25) is 0 Å². The van der Waals surface area contributed by atoms with Crippen LogP contribution in [0.15, 0.2) is 18.2 Å². The van der Waals surface area contributed by atoms with Gasteiger partial charge in [-0.1, -0.05) is 12.1 Å². The molecule has 0 bridgehead atoms. The molecule has 0 aliphatic carbocycles. The molecular formula is C13H16N2O2. The van der Waals surface area contributed by atoms with E-state index >= 15 is 0 Å². The first kappa shape index (κ1) is 11.7. The Kier molecular flexibility index (Phi) is 4.23. The van der Waals surface area contributed by atoms with Gasteiger partial charge in [0.25, 0.3) is 0 Å². The molecule has 4 nitrogen and oxygen atoms in total. The van der Waals surface area contributed by atoms with Crippen molar-refractivity contribution in [3.05, 3.63) is 23.8 Å². The van der Waals surface area contributed by atoms with Crippen LogP contribution in [0, 0.1) is 11.3 Å². The van der Waals surface area contributed by atoms with Crippen molar-refractivity contribution in [2.24, 2.45) is 0 Å². The van der Waals surface area contributed by atoms with Crippen LogP contribution in [-0.2, 0) is 6.54 Å². The second kappa shape index (κ2) is 6.12. The Morgan fingerprint density at radius 1 is 1.29 bits per heavy atom. The molecule has 1 aromatic rings. The Morgan fingerprint density at radius 2 is 2.24 bits per heavy atom. The Labute approximate surface area is 101 Å². The van der Waals surface area contributed by atoms with Gasteiger partial charge in [-0.2, -0.15) is 5.26 Å². The van der Waals surface area contributed by atoms with E-state index in [2.05, 4.69) is 11.4 Å². The zero-order valence-corrected chi connectivity index (χ0v) is 9.74. The number of nitrogens with zero attached hydrogens (tertiary/aromatic N) is 1. The van der Waals surface area contributed by atoms with Gasteiger partial charge in [-0.15, -0.1) is 0 Å². The molecule has 0 amide bonds. The second-order valence-corrected chi connectivity index (χ2v) is 3.94. The molecule has 0 fully saturated rings. The number of hydrogen-bond acceptors (Lipinski definition) is 4. The molecule has 1 N–H and O–H groups in total. The highest BCUT2D eigenvalue weighted by Crippen LogP contribution is 2.35. The lowest BCUT2D eigenvalue weighted by Crippen LogP contribution is -2.14. The lowest BCUT2D eigenvalue weighted by Gasteiger charge is -2.07. The van der Waals surface area contributed by atoms with Gasteiger partial charge < -0.3 is 14.8 Å². The minimum Gasteiger partial charge on any atom is -0.454 e. The van der Waals surface area contributed by atoms with Crippen LogP contribution in [0.4, 0.5) is 0 Å². The fourth-order valence-electron chi connectivity index (χ4n) is 1.81. The topological polar surface area (TPSA) is 54.3 Å². The summed E-state index contributed by atoms with van der Waals surface area (Å²) in [4.78, 5) is 0. The number of nitrogens with one attached hydrogen (secondary N) is 1. The quantitative estimate of drug-likeness (QED) is 0.764. The number of fused-ring (bicyclic) bond motifs is 1. The van der Waals surface area contributed by atoms with Crippen LogP contribution in [0.25, 0.3) is 0 Å². The Balaban J connectivity index is 1.76. The highest BCUT2D eigenvalue weighted by Gasteiger charge is 2.16. The zero-order valence-electron chi connectivity index (χ0n) is 9.74. The van der Waals surface area contributed by atoms with Crippen LogP contribution >= 0.6 is 0 Å². The Bertz CT molecular complexity index is 412. The summed E-state index contributed by atoms with van der Waals surface area (Å²) in [5.74, 6) is 1.69. The molecule has 90 valence electrons. The first-order chi connectivity index (χ1) is 8.42. The fraction of sp³-hybridized carbons (Fsp3) is 0.462. The standard InChI is InChI=1S/C13H16N2O2/c14-7-2-1-3-8-15-9-11-5-4-6-12-13(11)17-10-16-12/h4-6,15H,1-3,8-10H2. The van der Waals surface area contributed by atoms with Gasteiger partial charge in [0.2, 0.25) is 6.79 Å². The summed E-state index contributed by atoms with van der Waals surface area (Å²) in [6.45, 7) is 2.01. The lowest BCUT2D eigenvalue weighted by molar-refractivity contribution is 0.173. The molecule has 2 rings (SSSR count). The van der Waals surface area contributed by atoms with Crippen molar-refractivity contribution in [1.82, 2.24) is 5.32 Å². The van der Waals surface area contributed by atoms with Crippen molar-refractivity contribution in [3.63, 3.8) is 0 Å². The highest BCUT2D eigenvalue weighted by molar-refractivity contribution is 5.48. The summed E-state index contributed by atoms with van der Waals surface area (Å²) < 4.78 is 10.7. The number of nitriles is 1. The number of ether oxygens (including phenoxy) is 2. The zero-order chi connectivity index (χ0) is 11.9. The number of para-hydroxylation sites is 1. The molecule has 0 unspecified atom stereocenters. The smallest absolute Gasteiger partial charge is 0.231 e. The summed E-state index contributed by atoms with van der Waals surface area (Å²) in [7, 11) is 0. The van der Waals surface area contributed by atoms with E-state index in [0.29, 0.717) is 13.2 Å². The van der Waals surface area contributed by atoms with Crippen LogP contribution in [0.3, 0.4) is 0 Å². The third-order valence-electron chi connectivity index (χ3n) is 2.69. The summed E-state index contributed by atoms with van der Waals surface area (Å²) in [5, 5.41) is 11.8. The number of unbranched alkanes of at least 4 members (excludes halogenated alkanes) is 2. The number of hydrogen-bond donors (Lipinski definition) is 1. The van der Waals surface area contributed by atoms with Crippen molar-refractivity contribution in [2.75, 3.05) is 13.3 Å². The maximum Gasteiger partial charge on any atom is 0.231 e. The first-order valence-electron chi connectivity index (χ1n) is 5.87. The van der Waals surface area contributed by atoms with Crippen LogP contribution in [0.2, 0.25) is 0 Å².